The molecule has 0 fully saturated rings. The molecular weight excluding hydrogens is 185 g/mol. The fraction of sp³-hybridized carbons (Fsp3) is 0. The van der Waals surface area contributed by atoms with Crippen molar-refractivity contribution in [1.29, 1.82) is 0 Å². The Bertz CT molecular complexity index is 6.00. The van der Waals surface area contributed by atoms with E-state index in [9.17, 15) is 0 Å². The van der Waals surface area contributed by atoms with E-state index < -0.39 is 0 Å². The van der Waals surface area contributed by atoms with Crippen LogP contribution in [0.25, 0.3) is 0 Å². The van der Waals surface area contributed by atoms with Crippen LogP contribution in [0, 0.1) is 0 Å². The second-order valence-electron chi connectivity index (χ2n) is 0. The first-order valence-corrected chi connectivity index (χ1v) is 0.866. The van der Waals surface area contributed by atoms with E-state index in [2.05, 4.69) is 0 Å². The number of hydrogen-bond donors (Lipinski definition) is 0. The van der Waals surface area contributed by atoms with Crippen molar-refractivity contribution >= 4 is 59.4 Å². The van der Waals surface area contributed by atoms with Crippen molar-refractivity contribution in [3.05, 3.63) is 0 Å². The van der Waals surface area contributed by atoms with Crippen molar-refractivity contribution in [3.8, 4) is 0 Å². The molecule has 0 saturated carbocycles. The molecule has 0 saturated heterocycles. The van der Waals surface area contributed by atoms with Gasteiger partial charge in [-0.2, -0.15) is 0 Å². The summed E-state index contributed by atoms with van der Waals surface area (Å²) in [7, 11) is 0. The maximum absolute atomic E-state index is 8.28. The predicted octanol–water partition coefficient (Wildman–Crippen LogP) is -3.14. The van der Waals surface area contributed by atoms with Crippen LogP contribution in [-0.2, 0) is 3.80 Å². The quantitative estimate of drug-likeness (QED) is 0.370. The Labute approximate surface area is 62.7 Å². The summed E-state index contributed by atoms with van der Waals surface area (Å²) < 4.78 is 8.28. The molecule has 0 radical (unpaired) electrons. The molecule has 0 aromatic heterocycles. The van der Waals surface area contributed by atoms with Crippen molar-refractivity contribution in [2.24, 2.45) is 0 Å². The van der Waals surface area contributed by atoms with Crippen LogP contribution < -0.4 is 0 Å². The van der Waals surface area contributed by atoms with Gasteiger partial charge in [-0.3, -0.25) is 0 Å². The third kappa shape index (κ3) is 9.28. The molecule has 4 heavy (non-hydrogen) atoms. The normalized spacial score (nSPS) is 0.750. The van der Waals surface area contributed by atoms with Gasteiger partial charge < -0.3 is 0 Å². The van der Waals surface area contributed by atoms with Gasteiger partial charge in [0.2, 0.25) is 0 Å². The minimum atomic E-state index is 0. The van der Waals surface area contributed by atoms with Crippen LogP contribution in [0.15, 0.2) is 0 Å². The molecule has 0 aliphatic heterocycles. The van der Waals surface area contributed by atoms with Gasteiger partial charge in [-0.25, -0.2) is 0 Å². The zero-order chi connectivity index (χ0) is 2.00. The van der Waals surface area contributed by atoms with Gasteiger partial charge in [-0.15, -0.1) is 0 Å². The molecule has 0 atom stereocenters. The van der Waals surface area contributed by atoms with E-state index in [-0.39, 0.29) is 43.2 Å². The Hall–Kier alpha value is 1.74. The van der Waals surface area contributed by atoms with Crippen molar-refractivity contribution < 1.29 is 3.80 Å². The first-order valence-electron chi connectivity index (χ1n) is 0.289. The van der Waals surface area contributed by atoms with Gasteiger partial charge in [0.05, 0.1) is 0 Å². The monoisotopic (exact) mass is 192 g/mol. The molecule has 0 N–H and O–H groups in total. The minimum absolute atomic E-state index is 0. The van der Waals surface area contributed by atoms with Gasteiger partial charge >= 0.3 is 45.9 Å². The Morgan fingerprint density at radius 2 is 1.25 bits per heavy atom. The average molecular weight is 192 g/mol. The van der Waals surface area contributed by atoms with Gasteiger partial charge in [0.25, 0.3) is 0 Å². The van der Waals surface area contributed by atoms with Crippen molar-refractivity contribution in [1.82, 2.24) is 0 Å². The van der Waals surface area contributed by atoms with E-state index in [1.165, 1.54) is 0 Å². The fourth-order valence-corrected chi connectivity index (χ4v) is 0. The summed E-state index contributed by atoms with van der Waals surface area (Å²) in [5, 5.41) is 0. The van der Waals surface area contributed by atoms with Crippen LogP contribution in [-0.4, -0.2) is 59.4 Å². The van der Waals surface area contributed by atoms with Crippen LogP contribution in [0.2, 0.25) is 0 Å². The number of hydrogen-bond acceptors (Lipinski definition) is 1. The second kappa shape index (κ2) is 21.9. The molecule has 0 spiro atoms. The zero-order valence-electron chi connectivity index (χ0n) is 1.12. The maximum atomic E-state index is 8.28. The van der Waals surface area contributed by atoms with E-state index in [4.69, 9.17) is 3.80 Å². The molecule has 1 nitrogen and oxygen atoms in total. The Kier molecular flexibility index (Phi) is 94.3. The molecule has 0 aromatic rings. The molecule has 0 aliphatic rings. The molecular formula is H7Al2InO. The molecule has 0 aliphatic carbocycles. The van der Waals surface area contributed by atoms with Crippen molar-refractivity contribution in [3.63, 3.8) is 0 Å². The molecule has 0 bridgehead atoms. The van der Waals surface area contributed by atoms with Crippen LogP contribution in [0.3, 0.4) is 0 Å². The molecule has 0 rings (SSSR count). The molecule has 0 unspecified atom stereocenters. The zero-order valence-corrected chi connectivity index (χ0v) is 2.53. The summed E-state index contributed by atoms with van der Waals surface area (Å²) in [6.07, 6.45) is 0. The Morgan fingerprint density at radius 1 is 1.25 bits per heavy atom. The molecule has 4 heteroatoms. The summed E-state index contributed by atoms with van der Waals surface area (Å²) >= 11 is 0.611. The molecule has 0 aromatic carbocycles. The van der Waals surface area contributed by atoms with E-state index in [1.807, 2.05) is 0 Å². The SMILES string of the molecule is [AlH3].[InH3].[O]=[AlH]. The van der Waals surface area contributed by atoms with Crippen molar-refractivity contribution in [2.75, 3.05) is 0 Å². The second-order valence-corrected chi connectivity index (χ2v) is 0. The predicted molar refractivity (Wildman–Crippen MR) is 27.7 cm³/mol. The fourth-order valence-electron chi connectivity index (χ4n) is 0. The van der Waals surface area contributed by atoms with Crippen LogP contribution in [0.1, 0.15) is 0 Å². The Balaban J connectivity index is -0.00000000500. The van der Waals surface area contributed by atoms with Crippen LogP contribution >= 0.6 is 0 Å². The summed E-state index contributed by atoms with van der Waals surface area (Å²) in [5.41, 5.74) is 0. The average Bonchev–Trinajstić information content (AvgIpc) is 1.00. The van der Waals surface area contributed by atoms with Gasteiger partial charge in [0.1, 0.15) is 0 Å². The van der Waals surface area contributed by atoms with Crippen molar-refractivity contribution in [2.45, 2.75) is 0 Å². The third-order valence-corrected chi connectivity index (χ3v) is 0. The standard InChI is InChI=1S/2Al.In.O.7H. The van der Waals surface area contributed by atoms with Crippen LogP contribution in [0.4, 0.5) is 0 Å². The summed E-state index contributed by atoms with van der Waals surface area (Å²) in [4.78, 5) is 0. The van der Waals surface area contributed by atoms with Gasteiger partial charge in [-0.05, 0) is 0 Å². The number of rotatable bonds is 0. The first kappa shape index (κ1) is 17.2. The Morgan fingerprint density at radius 3 is 1.25 bits per heavy atom. The van der Waals surface area contributed by atoms with E-state index in [0.29, 0.717) is 16.2 Å². The van der Waals surface area contributed by atoms with Gasteiger partial charge in [0.15, 0.2) is 17.4 Å². The molecule has 0 amide bonds. The summed E-state index contributed by atoms with van der Waals surface area (Å²) in [6, 6.07) is 0. The molecule has 22 valence electrons. The van der Waals surface area contributed by atoms with Crippen LogP contribution in [0.5, 0.6) is 0 Å². The summed E-state index contributed by atoms with van der Waals surface area (Å²) in [6.45, 7) is 0. The van der Waals surface area contributed by atoms with E-state index >= 15 is 0 Å². The topological polar surface area (TPSA) is 17.1 Å². The third-order valence-electron chi connectivity index (χ3n) is 0. The van der Waals surface area contributed by atoms with Gasteiger partial charge in [-0.1, -0.05) is 0 Å². The summed E-state index contributed by atoms with van der Waals surface area (Å²) in [5.74, 6) is 0. The molecule has 0 heterocycles. The van der Waals surface area contributed by atoms with E-state index in [0.717, 1.165) is 0 Å². The first-order chi connectivity index (χ1) is 1.00. The van der Waals surface area contributed by atoms with E-state index in [1.54, 1.807) is 0 Å². The van der Waals surface area contributed by atoms with Gasteiger partial charge in [0, 0.05) is 0 Å².